The number of hydrogen-bond donors (Lipinski definition) is 0. The minimum absolute atomic E-state index is 0.155. The molecule has 1 aliphatic rings. The Hall–Kier alpha value is -2.04. The number of amides is 1. The number of rotatable bonds is 3. The summed E-state index contributed by atoms with van der Waals surface area (Å²) in [5.74, 6) is -0.633. The topological polar surface area (TPSA) is 49.9 Å². The first kappa shape index (κ1) is 15.4. The van der Waals surface area contributed by atoms with E-state index in [1.54, 1.807) is 4.90 Å². The number of aryl methyl sites for hydroxylation is 1. The molecule has 0 aliphatic carbocycles. The van der Waals surface area contributed by atoms with Gasteiger partial charge in [0.25, 0.3) is 0 Å². The molecular formula is C16H22N2O3. The van der Waals surface area contributed by atoms with Gasteiger partial charge in [-0.05, 0) is 31.5 Å². The highest BCUT2D eigenvalue weighted by Gasteiger charge is 2.27. The number of methoxy groups -OCH3 is 1. The summed E-state index contributed by atoms with van der Waals surface area (Å²) < 4.78 is 4.55. The van der Waals surface area contributed by atoms with Crippen molar-refractivity contribution >= 4 is 17.6 Å². The number of carbonyl (C=O) groups excluding carboxylic acids is 2. The Balaban J connectivity index is 1.99. The van der Waals surface area contributed by atoms with Crippen LogP contribution in [-0.2, 0) is 14.3 Å². The van der Waals surface area contributed by atoms with Gasteiger partial charge >= 0.3 is 5.97 Å². The molecule has 21 heavy (non-hydrogen) atoms. The molecule has 1 aliphatic heterocycles. The van der Waals surface area contributed by atoms with Gasteiger partial charge in [0.1, 0.15) is 6.42 Å². The number of anilines is 1. The quantitative estimate of drug-likeness (QED) is 0.626. The third kappa shape index (κ3) is 3.74. The van der Waals surface area contributed by atoms with Crippen LogP contribution in [0.25, 0.3) is 0 Å². The van der Waals surface area contributed by atoms with E-state index in [1.165, 1.54) is 18.4 Å². The highest BCUT2D eigenvalue weighted by atomic mass is 16.5. The average Bonchev–Trinajstić information content (AvgIpc) is 2.46. The molecule has 1 heterocycles. The molecule has 1 fully saturated rings. The van der Waals surface area contributed by atoms with Crippen LogP contribution in [-0.4, -0.2) is 49.6 Å². The lowest BCUT2D eigenvalue weighted by Gasteiger charge is -2.41. The molecule has 114 valence electrons. The van der Waals surface area contributed by atoms with Crippen molar-refractivity contribution in [2.24, 2.45) is 0 Å². The van der Waals surface area contributed by atoms with Crippen molar-refractivity contribution in [3.05, 3.63) is 29.8 Å². The maximum atomic E-state index is 12.0. The first-order valence-electron chi connectivity index (χ1n) is 7.19. The summed E-state index contributed by atoms with van der Waals surface area (Å²) in [6.07, 6.45) is -0.173. The highest BCUT2D eigenvalue weighted by molar-refractivity contribution is 5.94. The van der Waals surface area contributed by atoms with Crippen LogP contribution in [0.1, 0.15) is 18.9 Å². The molecule has 5 heteroatoms. The van der Waals surface area contributed by atoms with Gasteiger partial charge in [0, 0.05) is 31.4 Å². The van der Waals surface area contributed by atoms with E-state index in [9.17, 15) is 9.59 Å². The van der Waals surface area contributed by atoms with Crippen LogP contribution in [0.15, 0.2) is 24.3 Å². The van der Waals surface area contributed by atoms with Gasteiger partial charge in [0.2, 0.25) is 5.91 Å². The maximum Gasteiger partial charge on any atom is 0.315 e. The van der Waals surface area contributed by atoms with E-state index in [4.69, 9.17) is 0 Å². The fourth-order valence-electron chi connectivity index (χ4n) is 2.68. The molecule has 1 amide bonds. The zero-order valence-electron chi connectivity index (χ0n) is 12.8. The minimum Gasteiger partial charge on any atom is -0.469 e. The largest absolute Gasteiger partial charge is 0.469 e. The molecular weight excluding hydrogens is 268 g/mol. The summed E-state index contributed by atoms with van der Waals surface area (Å²) in [6, 6.07) is 8.59. The number of hydrogen-bond acceptors (Lipinski definition) is 4. The molecule has 0 bridgehead atoms. The number of esters is 1. The normalized spacial score (nSPS) is 18.5. The number of piperazine rings is 1. The van der Waals surface area contributed by atoms with E-state index in [0.29, 0.717) is 13.1 Å². The summed E-state index contributed by atoms with van der Waals surface area (Å²) in [5, 5.41) is 0. The van der Waals surface area contributed by atoms with Crippen molar-refractivity contribution < 1.29 is 14.3 Å². The SMILES string of the molecule is COC(=O)CC(=O)N1CCN(c2cccc(C)c2)C(C)C1. The van der Waals surface area contributed by atoms with E-state index in [1.807, 2.05) is 6.07 Å². The lowest BCUT2D eigenvalue weighted by atomic mass is 10.1. The van der Waals surface area contributed by atoms with Gasteiger partial charge in [-0.2, -0.15) is 0 Å². The summed E-state index contributed by atoms with van der Waals surface area (Å²) in [4.78, 5) is 27.3. The van der Waals surface area contributed by atoms with Gasteiger partial charge in [0.15, 0.2) is 0 Å². The number of carbonyl (C=O) groups is 2. The van der Waals surface area contributed by atoms with Gasteiger partial charge in [-0.15, -0.1) is 0 Å². The molecule has 2 rings (SSSR count). The second kappa shape index (κ2) is 6.61. The average molecular weight is 290 g/mol. The molecule has 0 radical (unpaired) electrons. The monoisotopic (exact) mass is 290 g/mol. The number of nitrogens with zero attached hydrogens (tertiary/aromatic N) is 2. The highest BCUT2D eigenvalue weighted by Crippen LogP contribution is 2.21. The predicted molar refractivity (Wildman–Crippen MR) is 81.2 cm³/mol. The summed E-state index contributed by atoms with van der Waals surface area (Å²) in [7, 11) is 1.30. The van der Waals surface area contributed by atoms with E-state index in [0.717, 1.165) is 6.54 Å². The van der Waals surface area contributed by atoms with Crippen molar-refractivity contribution in [1.29, 1.82) is 0 Å². The Morgan fingerprint density at radius 2 is 2.10 bits per heavy atom. The predicted octanol–water partition coefficient (Wildman–Crippen LogP) is 1.60. The Morgan fingerprint density at radius 3 is 2.71 bits per heavy atom. The third-order valence-electron chi connectivity index (χ3n) is 3.84. The number of ether oxygens (including phenoxy) is 1. The molecule has 1 saturated heterocycles. The van der Waals surface area contributed by atoms with Crippen LogP contribution in [0.3, 0.4) is 0 Å². The molecule has 1 atom stereocenters. The maximum absolute atomic E-state index is 12.0. The van der Waals surface area contributed by atoms with E-state index >= 15 is 0 Å². The Morgan fingerprint density at radius 1 is 1.33 bits per heavy atom. The van der Waals surface area contributed by atoms with Gasteiger partial charge < -0.3 is 14.5 Å². The molecule has 0 aromatic heterocycles. The van der Waals surface area contributed by atoms with Crippen molar-refractivity contribution in [2.45, 2.75) is 26.3 Å². The second-order valence-electron chi connectivity index (χ2n) is 5.47. The standard InChI is InChI=1S/C16H22N2O3/c1-12-5-4-6-14(9-12)18-8-7-17(11-13(18)2)15(19)10-16(20)21-3/h4-6,9,13H,7-8,10-11H2,1-3H3. The van der Waals surface area contributed by atoms with Gasteiger partial charge in [-0.25, -0.2) is 0 Å². The zero-order valence-corrected chi connectivity index (χ0v) is 12.8. The zero-order chi connectivity index (χ0) is 15.4. The second-order valence-corrected chi connectivity index (χ2v) is 5.47. The molecule has 5 nitrogen and oxygen atoms in total. The van der Waals surface area contributed by atoms with E-state index in [-0.39, 0.29) is 18.4 Å². The van der Waals surface area contributed by atoms with Crippen LogP contribution < -0.4 is 4.90 Å². The van der Waals surface area contributed by atoms with Crippen molar-refractivity contribution in [3.63, 3.8) is 0 Å². The molecule has 0 saturated carbocycles. The van der Waals surface area contributed by atoms with Crippen LogP contribution in [0, 0.1) is 6.92 Å². The lowest BCUT2D eigenvalue weighted by Crippen LogP contribution is -2.54. The van der Waals surface area contributed by atoms with Gasteiger partial charge in [0.05, 0.1) is 7.11 Å². The number of benzene rings is 1. The smallest absolute Gasteiger partial charge is 0.315 e. The van der Waals surface area contributed by atoms with Crippen molar-refractivity contribution in [2.75, 3.05) is 31.6 Å². The third-order valence-corrected chi connectivity index (χ3v) is 3.84. The minimum atomic E-state index is -0.478. The van der Waals surface area contributed by atoms with E-state index < -0.39 is 5.97 Å². The molecule has 0 spiro atoms. The first-order chi connectivity index (χ1) is 10.0. The lowest BCUT2D eigenvalue weighted by molar-refractivity contribution is -0.147. The Bertz CT molecular complexity index is 530. The fraction of sp³-hybridized carbons (Fsp3) is 0.500. The molecule has 0 N–H and O–H groups in total. The fourth-order valence-corrected chi connectivity index (χ4v) is 2.68. The van der Waals surface area contributed by atoms with E-state index in [2.05, 4.69) is 41.7 Å². The Labute approximate surface area is 125 Å². The Kier molecular flexibility index (Phi) is 4.83. The van der Waals surface area contributed by atoms with Crippen molar-refractivity contribution in [1.82, 2.24) is 4.90 Å². The summed E-state index contributed by atoms with van der Waals surface area (Å²) in [5.41, 5.74) is 2.41. The van der Waals surface area contributed by atoms with Gasteiger partial charge in [-0.1, -0.05) is 12.1 Å². The van der Waals surface area contributed by atoms with Crippen LogP contribution in [0.2, 0.25) is 0 Å². The van der Waals surface area contributed by atoms with Crippen LogP contribution in [0.5, 0.6) is 0 Å². The van der Waals surface area contributed by atoms with Crippen LogP contribution in [0.4, 0.5) is 5.69 Å². The molecule has 1 unspecified atom stereocenters. The first-order valence-corrected chi connectivity index (χ1v) is 7.19. The van der Waals surface area contributed by atoms with Crippen molar-refractivity contribution in [3.8, 4) is 0 Å². The van der Waals surface area contributed by atoms with Crippen LogP contribution >= 0.6 is 0 Å². The molecule has 1 aromatic carbocycles. The van der Waals surface area contributed by atoms with Gasteiger partial charge in [-0.3, -0.25) is 9.59 Å². The summed E-state index contributed by atoms with van der Waals surface area (Å²) >= 11 is 0. The summed E-state index contributed by atoms with van der Waals surface area (Å²) in [6.45, 7) is 6.21. The molecule has 1 aromatic rings.